The molecule has 21 heavy (non-hydrogen) atoms. The third kappa shape index (κ3) is 3.09. The Balaban J connectivity index is 1.39. The zero-order chi connectivity index (χ0) is 14.1. The fourth-order valence-electron chi connectivity index (χ4n) is 2.69. The summed E-state index contributed by atoms with van der Waals surface area (Å²) < 4.78 is 5.85. The molecule has 0 radical (unpaired) electrons. The van der Waals surface area contributed by atoms with Crippen LogP contribution >= 0.6 is 11.3 Å². The topological polar surface area (TPSA) is 47.0 Å². The van der Waals surface area contributed by atoms with Gasteiger partial charge in [-0.2, -0.15) is 0 Å². The predicted molar refractivity (Wildman–Crippen MR) is 83.0 cm³/mol. The van der Waals surface area contributed by atoms with Gasteiger partial charge in [0.1, 0.15) is 15.8 Å². The molecule has 1 N–H and O–H groups in total. The van der Waals surface area contributed by atoms with Crippen molar-refractivity contribution in [1.29, 1.82) is 0 Å². The van der Waals surface area contributed by atoms with Crippen molar-refractivity contribution in [3.8, 4) is 5.75 Å². The summed E-state index contributed by atoms with van der Waals surface area (Å²) in [5.41, 5.74) is 1.28. The largest absolute Gasteiger partial charge is 0.493 e. The first kappa shape index (κ1) is 13.2. The highest BCUT2D eigenvalue weighted by Crippen LogP contribution is 2.33. The number of ether oxygens (including phenoxy) is 1. The van der Waals surface area contributed by atoms with Crippen LogP contribution in [0.3, 0.4) is 0 Å². The second kappa shape index (κ2) is 5.73. The maximum Gasteiger partial charge on any atom is 0.124 e. The quantitative estimate of drug-likeness (QED) is 0.922. The normalized spacial score (nSPS) is 20.9. The Morgan fingerprint density at radius 1 is 1.24 bits per heavy atom. The van der Waals surface area contributed by atoms with Crippen LogP contribution in [0.2, 0.25) is 0 Å². The predicted octanol–water partition coefficient (Wildman–Crippen LogP) is 2.55. The molecule has 1 aliphatic heterocycles. The van der Waals surface area contributed by atoms with E-state index < -0.39 is 0 Å². The molecule has 2 aliphatic rings. The van der Waals surface area contributed by atoms with E-state index in [0.29, 0.717) is 12.5 Å². The second-order valence-electron chi connectivity index (χ2n) is 5.83. The summed E-state index contributed by atoms with van der Waals surface area (Å²) in [6.07, 6.45) is 4.66. The van der Waals surface area contributed by atoms with E-state index in [-0.39, 0.29) is 0 Å². The minimum absolute atomic E-state index is 0.350. The number of nitrogens with one attached hydrogen (secondary N) is 1. The Morgan fingerprint density at radius 2 is 2.14 bits per heavy atom. The molecule has 1 aromatic heterocycles. The van der Waals surface area contributed by atoms with Gasteiger partial charge >= 0.3 is 0 Å². The van der Waals surface area contributed by atoms with E-state index in [0.717, 1.165) is 41.2 Å². The van der Waals surface area contributed by atoms with Crippen LogP contribution in [0.15, 0.2) is 24.3 Å². The molecule has 0 spiro atoms. The number of benzene rings is 1. The number of hydrogen-bond acceptors (Lipinski definition) is 5. The van der Waals surface area contributed by atoms with Gasteiger partial charge in [0.25, 0.3) is 0 Å². The van der Waals surface area contributed by atoms with E-state index in [2.05, 4.69) is 27.6 Å². The van der Waals surface area contributed by atoms with Gasteiger partial charge in [0.05, 0.1) is 12.5 Å². The number of nitrogens with zero attached hydrogens (tertiary/aromatic N) is 2. The molecular formula is C16H19N3OS. The lowest BCUT2D eigenvalue weighted by Crippen LogP contribution is -2.19. The van der Waals surface area contributed by atoms with Crippen molar-refractivity contribution < 1.29 is 4.74 Å². The van der Waals surface area contributed by atoms with Crippen molar-refractivity contribution in [2.75, 3.05) is 13.2 Å². The van der Waals surface area contributed by atoms with Crippen LogP contribution in [0, 0.1) is 0 Å². The second-order valence-corrected chi connectivity index (χ2v) is 6.93. The van der Waals surface area contributed by atoms with Crippen molar-refractivity contribution in [2.24, 2.45) is 0 Å². The highest BCUT2D eigenvalue weighted by Gasteiger charge is 2.24. The number of fused-ring (bicyclic) bond motifs is 1. The monoisotopic (exact) mass is 301 g/mol. The molecule has 1 aliphatic carbocycles. The number of hydrogen-bond donors (Lipinski definition) is 1. The zero-order valence-corrected chi connectivity index (χ0v) is 12.7. The van der Waals surface area contributed by atoms with E-state index in [4.69, 9.17) is 4.74 Å². The van der Waals surface area contributed by atoms with Crippen LogP contribution in [-0.2, 0) is 12.8 Å². The summed E-state index contributed by atoms with van der Waals surface area (Å²) in [7, 11) is 0. The average molecular weight is 301 g/mol. The minimum Gasteiger partial charge on any atom is -0.493 e. The van der Waals surface area contributed by atoms with Gasteiger partial charge in [0.15, 0.2) is 0 Å². The molecule has 0 amide bonds. The van der Waals surface area contributed by atoms with Gasteiger partial charge in [-0.05, 0) is 30.9 Å². The first-order valence-corrected chi connectivity index (χ1v) is 8.46. The van der Waals surface area contributed by atoms with Crippen LogP contribution in [0.4, 0.5) is 0 Å². The van der Waals surface area contributed by atoms with Crippen LogP contribution in [0.25, 0.3) is 0 Å². The molecule has 4 rings (SSSR count). The summed E-state index contributed by atoms with van der Waals surface area (Å²) in [5.74, 6) is 1.37. The molecule has 4 nitrogen and oxygen atoms in total. The fraction of sp³-hybridized carbons (Fsp3) is 0.500. The molecular weight excluding hydrogens is 282 g/mol. The summed E-state index contributed by atoms with van der Waals surface area (Å²) in [6.45, 7) is 1.73. The minimum atomic E-state index is 0.350. The molecule has 2 aromatic rings. The van der Waals surface area contributed by atoms with Crippen molar-refractivity contribution in [3.05, 3.63) is 39.8 Å². The van der Waals surface area contributed by atoms with Gasteiger partial charge in [-0.25, -0.2) is 0 Å². The lowest BCUT2D eigenvalue weighted by molar-refractivity contribution is 0.262. The first-order chi connectivity index (χ1) is 10.4. The summed E-state index contributed by atoms with van der Waals surface area (Å²) in [4.78, 5) is 0. The number of rotatable bonds is 5. The first-order valence-electron chi connectivity index (χ1n) is 7.65. The van der Waals surface area contributed by atoms with Crippen molar-refractivity contribution in [3.63, 3.8) is 0 Å². The van der Waals surface area contributed by atoms with Gasteiger partial charge in [-0.1, -0.05) is 18.2 Å². The highest BCUT2D eigenvalue weighted by molar-refractivity contribution is 7.11. The third-order valence-corrected chi connectivity index (χ3v) is 5.21. The molecule has 1 atom stereocenters. The number of aromatic nitrogens is 2. The fourth-order valence-corrected chi connectivity index (χ4v) is 3.62. The lowest BCUT2D eigenvalue weighted by atomic mass is 9.97. The van der Waals surface area contributed by atoms with Gasteiger partial charge in [0.2, 0.25) is 0 Å². The molecule has 1 fully saturated rings. The van der Waals surface area contributed by atoms with Gasteiger partial charge < -0.3 is 10.1 Å². The van der Waals surface area contributed by atoms with E-state index in [1.165, 1.54) is 18.4 Å². The molecule has 110 valence electrons. The molecule has 2 heterocycles. The van der Waals surface area contributed by atoms with Crippen molar-refractivity contribution in [1.82, 2.24) is 15.5 Å². The van der Waals surface area contributed by atoms with E-state index >= 15 is 0 Å². The smallest absolute Gasteiger partial charge is 0.124 e. The maximum atomic E-state index is 5.85. The molecule has 0 bridgehead atoms. The molecule has 1 saturated carbocycles. The van der Waals surface area contributed by atoms with Gasteiger partial charge in [-0.3, -0.25) is 0 Å². The maximum absolute atomic E-state index is 5.85. The Labute approximate surface area is 128 Å². The van der Waals surface area contributed by atoms with E-state index in [1.807, 2.05) is 12.1 Å². The van der Waals surface area contributed by atoms with E-state index in [9.17, 15) is 0 Å². The zero-order valence-electron chi connectivity index (χ0n) is 11.9. The van der Waals surface area contributed by atoms with Crippen molar-refractivity contribution >= 4 is 11.3 Å². The molecule has 5 heteroatoms. The Kier molecular flexibility index (Phi) is 3.61. The summed E-state index contributed by atoms with van der Waals surface area (Å²) in [5, 5.41) is 14.5. The van der Waals surface area contributed by atoms with Gasteiger partial charge in [0, 0.05) is 19.0 Å². The van der Waals surface area contributed by atoms with Crippen molar-refractivity contribution in [2.45, 2.75) is 37.6 Å². The van der Waals surface area contributed by atoms with Crippen LogP contribution < -0.4 is 10.1 Å². The number of para-hydroxylation sites is 1. The summed E-state index contributed by atoms with van der Waals surface area (Å²) >= 11 is 1.74. The molecule has 1 aromatic carbocycles. The van der Waals surface area contributed by atoms with Crippen LogP contribution in [0.5, 0.6) is 5.75 Å². The Hall–Kier alpha value is -1.46. The SMILES string of the molecule is c1ccc2c(c1)CC(c1nnc(CCNC3CC3)s1)CO2. The molecule has 0 saturated heterocycles. The average Bonchev–Trinajstić information content (AvgIpc) is 3.23. The summed E-state index contributed by atoms with van der Waals surface area (Å²) in [6, 6.07) is 9.04. The lowest BCUT2D eigenvalue weighted by Gasteiger charge is -2.23. The van der Waals surface area contributed by atoms with Crippen LogP contribution in [0.1, 0.15) is 34.3 Å². The van der Waals surface area contributed by atoms with E-state index in [1.54, 1.807) is 11.3 Å². The highest BCUT2D eigenvalue weighted by atomic mass is 32.1. The molecule has 1 unspecified atom stereocenters. The Morgan fingerprint density at radius 3 is 3.05 bits per heavy atom. The third-order valence-electron chi connectivity index (χ3n) is 4.06. The van der Waals surface area contributed by atoms with Crippen LogP contribution in [-0.4, -0.2) is 29.4 Å². The standard InChI is InChI=1S/C16H19N3OS/c1-2-4-14-11(3-1)9-12(10-20-14)16-19-18-15(21-16)7-8-17-13-5-6-13/h1-4,12-13,17H,5-10H2. The van der Waals surface area contributed by atoms with Gasteiger partial charge in [-0.15, -0.1) is 21.5 Å². The Bertz CT molecular complexity index is 623.